The molecule has 3 rings (SSSR count). The molecule has 0 amide bonds. The molecule has 0 saturated carbocycles. The van der Waals surface area contributed by atoms with Crippen LogP contribution in [0.2, 0.25) is 5.02 Å². The minimum atomic E-state index is 0.296. The number of benzene rings is 2. The Morgan fingerprint density at radius 2 is 1.82 bits per heavy atom. The van der Waals surface area contributed by atoms with Crippen LogP contribution in [0.5, 0.6) is 0 Å². The minimum Gasteiger partial charge on any atom is -0.333 e. The van der Waals surface area contributed by atoms with Crippen molar-refractivity contribution in [3.63, 3.8) is 0 Å². The lowest BCUT2D eigenvalue weighted by Crippen LogP contribution is -2.83. The van der Waals surface area contributed by atoms with E-state index in [0.29, 0.717) is 24.3 Å². The third-order valence-corrected chi connectivity index (χ3v) is 3.79. The van der Waals surface area contributed by atoms with E-state index >= 15 is 0 Å². The number of quaternary nitrogens is 1. The zero-order chi connectivity index (χ0) is 15.4. The maximum absolute atomic E-state index is 5.91. The lowest BCUT2D eigenvalue weighted by Gasteiger charge is -2.09. The molecule has 0 aliphatic carbocycles. The van der Waals surface area contributed by atoms with Gasteiger partial charge in [0.2, 0.25) is 5.82 Å². The fourth-order valence-electron chi connectivity index (χ4n) is 2.22. The summed E-state index contributed by atoms with van der Waals surface area (Å²) in [5.41, 5.74) is 2.18. The highest BCUT2D eigenvalue weighted by molar-refractivity contribution is 6.30. The monoisotopic (exact) mass is 314 g/mol. The summed E-state index contributed by atoms with van der Waals surface area (Å²) in [7, 11) is 0. The molecule has 0 radical (unpaired) electrons. The van der Waals surface area contributed by atoms with Crippen molar-refractivity contribution in [2.24, 2.45) is 0 Å². The summed E-state index contributed by atoms with van der Waals surface area (Å²) >= 11 is 5.91. The van der Waals surface area contributed by atoms with Crippen molar-refractivity contribution >= 4 is 11.6 Å². The maximum Gasteiger partial charge on any atom is 0.282 e. The molecule has 0 aliphatic heterocycles. The van der Waals surface area contributed by atoms with Crippen molar-refractivity contribution in [1.82, 2.24) is 10.1 Å². The SMILES string of the molecule is C[C@H]([NH2+]Cc1nc(-c2ccccc2)no1)c1ccc(Cl)cc1. The fraction of sp³-hybridized carbons (Fsp3) is 0.176. The Labute approximate surface area is 134 Å². The van der Waals surface area contributed by atoms with Crippen LogP contribution in [0.25, 0.3) is 11.4 Å². The first-order chi connectivity index (χ1) is 10.7. The van der Waals surface area contributed by atoms with Crippen molar-refractivity contribution < 1.29 is 9.84 Å². The van der Waals surface area contributed by atoms with Gasteiger partial charge in [-0.1, -0.05) is 59.2 Å². The number of aromatic nitrogens is 2. The number of rotatable bonds is 5. The van der Waals surface area contributed by atoms with Gasteiger partial charge in [-0.3, -0.25) is 0 Å². The van der Waals surface area contributed by atoms with Crippen LogP contribution in [0.4, 0.5) is 0 Å². The number of nitrogens with zero attached hydrogens (tertiary/aromatic N) is 2. The van der Waals surface area contributed by atoms with Gasteiger partial charge in [-0.2, -0.15) is 4.98 Å². The van der Waals surface area contributed by atoms with Crippen LogP contribution >= 0.6 is 11.6 Å². The van der Waals surface area contributed by atoms with Crippen molar-refractivity contribution in [3.8, 4) is 11.4 Å². The molecule has 1 heterocycles. The summed E-state index contributed by atoms with van der Waals surface area (Å²) < 4.78 is 5.31. The van der Waals surface area contributed by atoms with E-state index in [4.69, 9.17) is 16.1 Å². The standard InChI is InChI=1S/C17H16ClN3O/c1-12(13-7-9-15(18)10-8-13)19-11-16-20-17(21-22-16)14-5-3-2-4-6-14/h2-10,12,19H,11H2,1H3/p+1/t12-/m0/s1. The fourth-order valence-corrected chi connectivity index (χ4v) is 2.35. The average Bonchev–Trinajstić information content (AvgIpc) is 3.03. The Hall–Kier alpha value is -2.17. The topological polar surface area (TPSA) is 55.5 Å². The number of nitrogens with two attached hydrogens (primary N) is 1. The number of hydrogen-bond donors (Lipinski definition) is 1. The van der Waals surface area contributed by atoms with Gasteiger partial charge in [0, 0.05) is 16.1 Å². The molecule has 4 nitrogen and oxygen atoms in total. The quantitative estimate of drug-likeness (QED) is 0.786. The summed E-state index contributed by atoms with van der Waals surface area (Å²) in [6.07, 6.45) is 0. The molecular weight excluding hydrogens is 298 g/mol. The van der Waals surface area contributed by atoms with Crippen LogP contribution in [0.3, 0.4) is 0 Å². The first kappa shape index (κ1) is 14.8. The van der Waals surface area contributed by atoms with Crippen molar-refractivity contribution in [1.29, 1.82) is 0 Å². The summed E-state index contributed by atoms with van der Waals surface area (Å²) in [4.78, 5) is 4.43. The Kier molecular flexibility index (Phi) is 4.51. The highest BCUT2D eigenvalue weighted by Crippen LogP contribution is 2.15. The third kappa shape index (κ3) is 3.53. The van der Waals surface area contributed by atoms with Gasteiger partial charge in [0.25, 0.3) is 5.89 Å². The van der Waals surface area contributed by atoms with E-state index in [-0.39, 0.29) is 0 Å². The predicted molar refractivity (Wildman–Crippen MR) is 85.2 cm³/mol. The van der Waals surface area contributed by atoms with E-state index in [0.717, 1.165) is 10.6 Å². The third-order valence-electron chi connectivity index (χ3n) is 3.54. The summed E-state index contributed by atoms with van der Waals surface area (Å²) in [6, 6.07) is 18.0. The highest BCUT2D eigenvalue weighted by Gasteiger charge is 2.13. The van der Waals surface area contributed by atoms with E-state index in [1.165, 1.54) is 5.56 Å². The van der Waals surface area contributed by atoms with Crippen LogP contribution in [0.15, 0.2) is 59.1 Å². The van der Waals surface area contributed by atoms with Gasteiger partial charge in [-0.25, -0.2) is 0 Å². The highest BCUT2D eigenvalue weighted by atomic mass is 35.5. The molecule has 1 atom stereocenters. The van der Waals surface area contributed by atoms with Crippen LogP contribution in [0, 0.1) is 0 Å². The van der Waals surface area contributed by atoms with E-state index in [2.05, 4.69) is 22.4 Å². The second-order valence-corrected chi connectivity index (χ2v) is 5.59. The zero-order valence-corrected chi connectivity index (χ0v) is 13.0. The van der Waals surface area contributed by atoms with Crippen molar-refractivity contribution in [2.75, 3.05) is 0 Å². The molecular formula is C17H17ClN3O+. The van der Waals surface area contributed by atoms with Gasteiger partial charge in [0.05, 0.1) is 0 Å². The lowest BCUT2D eigenvalue weighted by atomic mass is 10.1. The Morgan fingerprint density at radius 3 is 2.55 bits per heavy atom. The second kappa shape index (κ2) is 6.73. The number of halogens is 1. The van der Waals surface area contributed by atoms with Crippen LogP contribution in [-0.2, 0) is 6.54 Å². The number of hydrogen-bond acceptors (Lipinski definition) is 3. The largest absolute Gasteiger partial charge is 0.333 e. The Bertz CT molecular complexity index is 725. The van der Waals surface area contributed by atoms with Crippen LogP contribution < -0.4 is 5.32 Å². The molecule has 0 saturated heterocycles. The Morgan fingerprint density at radius 1 is 1.09 bits per heavy atom. The molecule has 22 heavy (non-hydrogen) atoms. The summed E-state index contributed by atoms with van der Waals surface area (Å²) in [5.74, 6) is 1.25. The van der Waals surface area contributed by atoms with Gasteiger partial charge < -0.3 is 9.84 Å². The van der Waals surface area contributed by atoms with Gasteiger partial charge in [-0.05, 0) is 19.1 Å². The summed E-state index contributed by atoms with van der Waals surface area (Å²) in [6.45, 7) is 2.78. The van der Waals surface area contributed by atoms with Gasteiger partial charge in [0.1, 0.15) is 6.04 Å². The molecule has 0 unspecified atom stereocenters. The maximum atomic E-state index is 5.91. The Balaban J connectivity index is 1.62. The van der Waals surface area contributed by atoms with Crippen molar-refractivity contribution in [2.45, 2.75) is 19.5 Å². The second-order valence-electron chi connectivity index (χ2n) is 5.16. The molecule has 5 heteroatoms. The van der Waals surface area contributed by atoms with E-state index in [1.807, 2.05) is 54.6 Å². The summed E-state index contributed by atoms with van der Waals surface area (Å²) in [5, 5.41) is 6.93. The normalized spacial score (nSPS) is 12.3. The molecule has 1 aromatic heterocycles. The molecule has 3 aromatic rings. The van der Waals surface area contributed by atoms with Gasteiger partial charge in [0.15, 0.2) is 6.54 Å². The van der Waals surface area contributed by atoms with Gasteiger partial charge in [-0.15, -0.1) is 0 Å². The minimum absolute atomic E-state index is 0.296. The molecule has 0 aliphatic rings. The van der Waals surface area contributed by atoms with Crippen molar-refractivity contribution in [3.05, 3.63) is 71.1 Å². The van der Waals surface area contributed by atoms with Gasteiger partial charge >= 0.3 is 0 Å². The van der Waals surface area contributed by atoms with Crippen LogP contribution in [-0.4, -0.2) is 10.1 Å². The molecule has 0 spiro atoms. The molecule has 2 N–H and O–H groups in total. The molecule has 0 bridgehead atoms. The first-order valence-corrected chi connectivity index (χ1v) is 7.57. The van der Waals surface area contributed by atoms with E-state index in [1.54, 1.807) is 0 Å². The molecule has 2 aromatic carbocycles. The lowest BCUT2D eigenvalue weighted by molar-refractivity contribution is -0.710. The van der Waals surface area contributed by atoms with E-state index < -0.39 is 0 Å². The first-order valence-electron chi connectivity index (χ1n) is 7.19. The van der Waals surface area contributed by atoms with E-state index in [9.17, 15) is 0 Å². The molecule has 112 valence electrons. The predicted octanol–water partition coefficient (Wildman–Crippen LogP) is 3.21. The smallest absolute Gasteiger partial charge is 0.282 e. The molecule has 0 fully saturated rings. The zero-order valence-electron chi connectivity index (χ0n) is 12.2. The average molecular weight is 315 g/mol. The van der Waals surface area contributed by atoms with Crippen LogP contribution in [0.1, 0.15) is 24.4 Å².